The lowest BCUT2D eigenvalue weighted by molar-refractivity contribution is 0.102. The lowest BCUT2D eigenvalue weighted by atomic mass is 9.97. The molecule has 1 unspecified atom stereocenters. The number of anilines is 1. The van der Waals surface area contributed by atoms with Crippen molar-refractivity contribution < 1.29 is 13.2 Å². The molecule has 1 aliphatic rings. The minimum absolute atomic E-state index is 0.0556. The van der Waals surface area contributed by atoms with Crippen LogP contribution in [0.15, 0.2) is 53.4 Å². The van der Waals surface area contributed by atoms with Gasteiger partial charge in [0.25, 0.3) is 5.91 Å². The van der Waals surface area contributed by atoms with E-state index in [1.54, 1.807) is 12.1 Å². The monoisotopic (exact) mass is 372 g/mol. The minimum Gasteiger partial charge on any atom is -0.322 e. The average molecular weight is 372 g/mol. The number of carbonyl (C=O) groups is 1. The second-order valence-electron chi connectivity index (χ2n) is 6.77. The van der Waals surface area contributed by atoms with Crippen molar-refractivity contribution in [1.82, 2.24) is 4.72 Å². The number of hydrogen-bond donors (Lipinski definition) is 2. The predicted octanol–water partition coefficient (Wildman–Crippen LogP) is 3.89. The van der Waals surface area contributed by atoms with E-state index in [1.807, 2.05) is 24.3 Å². The van der Waals surface area contributed by atoms with Gasteiger partial charge in [-0.05, 0) is 61.1 Å². The second-order valence-corrected chi connectivity index (χ2v) is 8.48. The molecule has 0 aliphatic heterocycles. The Morgan fingerprint density at radius 2 is 1.77 bits per heavy atom. The van der Waals surface area contributed by atoms with Crippen molar-refractivity contribution >= 4 is 21.6 Å². The quantitative estimate of drug-likeness (QED) is 0.774. The molecule has 138 valence electrons. The predicted molar refractivity (Wildman–Crippen MR) is 103 cm³/mol. The Kier molecular flexibility index (Phi) is 5.44. The fourth-order valence-electron chi connectivity index (χ4n) is 2.73. The molecule has 1 saturated carbocycles. The number of amides is 1. The summed E-state index contributed by atoms with van der Waals surface area (Å²) in [7, 11) is -3.50. The Balaban J connectivity index is 1.75. The van der Waals surface area contributed by atoms with Crippen molar-refractivity contribution in [3.8, 4) is 0 Å². The van der Waals surface area contributed by atoms with Gasteiger partial charge >= 0.3 is 0 Å². The van der Waals surface area contributed by atoms with E-state index in [0.717, 1.165) is 30.5 Å². The molecule has 0 aromatic heterocycles. The molecule has 3 rings (SSSR count). The Morgan fingerprint density at radius 3 is 2.38 bits per heavy atom. The van der Waals surface area contributed by atoms with E-state index < -0.39 is 10.0 Å². The van der Waals surface area contributed by atoms with Crippen molar-refractivity contribution in [1.29, 1.82) is 0 Å². The average Bonchev–Trinajstić information content (AvgIpc) is 3.45. The summed E-state index contributed by atoms with van der Waals surface area (Å²) in [6.45, 7) is 4.23. The molecule has 1 atom stereocenters. The molecule has 2 aromatic rings. The smallest absolute Gasteiger partial charge is 0.255 e. The van der Waals surface area contributed by atoms with E-state index in [0.29, 0.717) is 11.5 Å². The van der Waals surface area contributed by atoms with E-state index in [-0.39, 0.29) is 16.8 Å². The maximum absolute atomic E-state index is 12.5. The molecule has 0 spiro atoms. The van der Waals surface area contributed by atoms with Gasteiger partial charge in [0.1, 0.15) is 0 Å². The van der Waals surface area contributed by atoms with Crippen molar-refractivity contribution in [3.05, 3.63) is 59.7 Å². The Labute approximate surface area is 154 Å². The minimum atomic E-state index is -3.50. The molecule has 6 heteroatoms. The molecule has 5 nitrogen and oxygen atoms in total. The highest BCUT2D eigenvalue weighted by atomic mass is 32.2. The highest BCUT2D eigenvalue weighted by Gasteiger charge is 2.28. The normalized spacial score (nSPS) is 15.5. The summed E-state index contributed by atoms with van der Waals surface area (Å²) >= 11 is 0. The van der Waals surface area contributed by atoms with Crippen LogP contribution in [-0.2, 0) is 10.0 Å². The first kappa shape index (κ1) is 18.6. The molecule has 0 bridgehead atoms. The van der Waals surface area contributed by atoms with Crippen LogP contribution in [0.2, 0.25) is 0 Å². The highest BCUT2D eigenvalue weighted by molar-refractivity contribution is 7.89. The number of benzene rings is 2. The van der Waals surface area contributed by atoms with Gasteiger partial charge in [-0.15, -0.1) is 0 Å². The van der Waals surface area contributed by atoms with E-state index >= 15 is 0 Å². The molecule has 2 N–H and O–H groups in total. The number of rotatable bonds is 7. The maximum atomic E-state index is 12.5. The fraction of sp³-hybridized carbons (Fsp3) is 0.350. The van der Waals surface area contributed by atoms with Crippen LogP contribution < -0.4 is 10.0 Å². The van der Waals surface area contributed by atoms with Gasteiger partial charge in [-0.25, -0.2) is 13.1 Å². The topological polar surface area (TPSA) is 75.3 Å². The number of nitrogens with one attached hydrogen (secondary N) is 2. The zero-order valence-corrected chi connectivity index (χ0v) is 15.8. The molecular weight excluding hydrogens is 348 g/mol. The van der Waals surface area contributed by atoms with Gasteiger partial charge in [0.15, 0.2) is 0 Å². The molecule has 1 aliphatic carbocycles. The molecular formula is C20H24N2O3S. The van der Waals surface area contributed by atoms with Crippen LogP contribution in [0.25, 0.3) is 0 Å². The van der Waals surface area contributed by atoms with Crippen molar-refractivity contribution in [2.24, 2.45) is 0 Å². The van der Waals surface area contributed by atoms with E-state index in [9.17, 15) is 13.2 Å². The molecule has 0 radical (unpaired) electrons. The van der Waals surface area contributed by atoms with Gasteiger partial charge in [-0.2, -0.15) is 0 Å². The third kappa shape index (κ3) is 4.31. The van der Waals surface area contributed by atoms with E-state index in [2.05, 4.69) is 23.9 Å². The van der Waals surface area contributed by atoms with Gasteiger partial charge in [0.2, 0.25) is 10.0 Å². The van der Waals surface area contributed by atoms with Gasteiger partial charge in [0, 0.05) is 17.3 Å². The van der Waals surface area contributed by atoms with Gasteiger partial charge < -0.3 is 5.32 Å². The number of sulfonamides is 1. The summed E-state index contributed by atoms with van der Waals surface area (Å²) in [6, 6.07) is 13.8. The van der Waals surface area contributed by atoms with E-state index in [1.165, 1.54) is 12.1 Å². The lowest BCUT2D eigenvalue weighted by Gasteiger charge is -2.15. The van der Waals surface area contributed by atoms with E-state index in [4.69, 9.17) is 0 Å². The molecule has 2 aromatic carbocycles. The number of hydrogen-bond acceptors (Lipinski definition) is 3. The first-order chi connectivity index (χ1) is 12.4. The second kappa shape index (κ2) is 7.60. The van der Waals surface area contributed by atoms with Crippen LogP contribution in [0.1, 0.15) is 54.9 Å². The highest BCUT2D eigenvalue weighted by Crippen LogP contribution is 2.27. The first-order valence-corrected chi connectivity index (χ1v) is 10.4. The lowest BCUT2D eigenvalue weighted by Crippen LogP contribution is -2.25. The first-order valence-electron chi connectivity index (χ1n) is 8.93. The Hall–Kier alpha value is -2.18. The SMILES string of the molecule is CCC(C)c1ccccc1NC(=O)c1ccc(S(=O)(=O)NC2CC2)cc1. The van der Waals surface area contributed by atoms with Crippen molar-refractivity contribution in [3.63, 3.8) is 0 Å². The van der Waals surface area contributed by atoms with Crippen LogP contribution in [-0.4, -0.2) is 20.4 Å². The number of carbonyl (C=O) groups excluding carboxylic acids is 1. The maximum Gasteiger partial charge on any atom is 0.255 e. The number of para-hydroxylation sites is 1. The van der Waals surface area contributed by atoms with Crippen LogP contribution in [0.3, 0.4) is 0 Å². The zero-order chi connectivity index (χ0) is 18.7. The van der Waals surface area contributed by atoms with Crippen molar-refractivity contribution in [2.75, 3.05) is 5.32 Å². The summed E-state index contributed by atoms with van der Waals surface area (Å²) in [6.07, 6.45) is 2.75. The van der Waals surface area contributed by atoms with Gasteiger partial charge in [0.05, 0.1) is 4.90 Å². The van der Waals surface area contributed by atoms with Crippen LogP contribution >= 0.6 is 0 Å². The molecule has 1 amide bonds. The summed E-state index contributed by atoms with van der Waals surface area (Å²) in [4.78, 5) is 12.7. The third-order valence-corrected chi connectivity index (χ3v) is 6.21. The summed E-state index contributed by atoms with van der Waals surface area (Å²) in [5, 5.41) is 2.94. The zero-order valence-electron chi connectivity index (χ0n) is 15.0. The van der Waals surface area contributed by atoms with Crippen LogP contribution in [0, 0.1) is 0 Å². The molecule has 0 heterocycles. The van der Waals surface area contributed by atoms with Crippen molar-refractivity contribution in [2.45, 2.75) is 50.0 Å². The van der Waals surface area contributed by atoms with Gasteiger partial charge in [-0.3, -0.25) is 4.79 Å². The largest absolute Gasteiger partial charge is 0.322 e. The Bertz CT molecular complexity index is 888. The standard InChI is InChI=1S/C20H24N2O3S/c1-3-14(2)18-6-4-5-7-19(18)21-20(23)15-8-12-17(13-9-15)26(24,25)22-16-10-11-16/h4-9,12-14,16,22H,3,10-11H2,1-2H3,(H,21,23). The summed E-state index contributed by atoms with van der Waals surface area (Å²) in [5.74, 6) is 0.0902. The molecule has 0 saturated heterocycles. The summed E-state index contributed by atoms with van der Waals surface area (Å²) in [5.41, 5.74) is 2.31. The molecule has 1 fully saturated rings. The fourth-order valence-corrected chi connectivity index (χ4v) is 4.03. The molecule has 26 heavy (non-hydrogen) atoms. The van der Waals surface area contributed by atoms with Gasteiger partial charge in [-0.1, -0.05) is 32.0 Å². The Morgan fingerprint density at radius 1 is 1.12 bits per heavy atom. The van der Waals surface area contributed by atoms with Crippen LogP contribution in [0.5, 0.6) is 0 Å². The third-order valence-electron chi connectivity index (χ3n) is 4.68. The van der Waals surface area contributed by atoms with Crippen LogP contribution in [0.4, 0.5) is 5.69 Å². The summed E-state index contributed by atoms with van der Waals surface area (Å²) < 4.78 is 27.0.